The molecule has 0 radical (unpaired) electrons. The van der Waals surface area contributed by atoms with Gasteiger partial charge in [-0.1, -0.05) is 20.8 Å². The van der Waals surface area contributed by atoms with Gasteiger partial charge in [0.2, 0.25) is 5.91 Å². The lowest BCUT2D eigenvalue weighted by Gasteiger charge is -2.15. The van der Waals surface area contributed by atoms with Gasteiger partial charge in [-0.15, -0.1) is 0 Å². The molecule has 1 unspecified atom stereocenters. The minimum Gasteiger partial charge on any atom is -0.480 e. The van der Waals surface area contributed by atoms with Crippen molar-refractivity contribution >= 4 is 11.9 Å². The van der Waals surface area contributed by atoms with Crippen molar-refractivity contribution in [2.24, 2.45) is 11.8 Å². The first-order valence-electron chi connectivity index (χ1n) is 5.35. The lowest BCUT2D eigenvalue weighted by Crippen LogP contribution is -2.38. The molecule has 0 aliphatic rings. The van der Waals surface area contributed by atoms with Crippen LogP contribution in [0.4, 0.5) is 0 Å². The van der Waals surface area contributed by atoms with Crippen molar-refractivity contribution in [2.45, 2.75) is 46.6 Å². The second-order valence-electron chi connectivity index (χ2n) is 4.57. The molecule has 0 aromatic carbocycles. The van der Waals surface area contributed by atoms with E-state index in [4.69, 9.17) is 5.11 Å². The van der Waals surface area contributed by atoms with Crippen molar-refractivity contribution in [3.63, 3.8) is 0 Å². The molecule has 0 aliphatic carbocycles. The summed E-state index contributed by atoms with van der Waals surface area (Å²) in [5.41, 5.74) is 0. The molecule has 0 fully saturated rings. The van der Waals surface area contributed by atoms with E-state index in [-0.39, 0.29) is 5.91 Å². The van der Waals surface area contributed by atoms with E-state index < -0.39 is 12.0 Å². The van der Waals surface area contributed by atoms with Crippen LogP contribution in [0.1, 0.15) is 40.5 Å². The SMILES string of the molecule is CC(C)CC(C)CC(=O)N[C@H](C)C(=O)O. The van der Waals surface area contributed by atoms with Gasteiger partial charge in [-0.05, 0) is 25.2 Å². The van der Waals surface area contributed by atoms with E-state index in [1.807, 2.05) is 6.92 Å². The number of rotatable bonds is 6. The summed E-state index contributed by atoms with van der Waals surface area (Å²) in [6, 6.07) is -0.802. The number of hydrogen-bond acceptors (Lipinski definition) is 2. The van der Waals surface area contributed by atoms with Gasteiger partial charge in [-0.3, -0.25) is 9.59 Å². The first-order chi connectivity index (χ1) is 6.82. The largest absolute Gasteiger partial charge is 0.480 e. The fourth-order valence-electron chi connectivity index (χ4n) is 1.57. The Hall–Kier alpha value is -1.06. The summed E-state index contributed by atoms with van der Waals surface area (Å²) in [5.74, 6) is -0.325. The standard InChI is InChI=1S/C11H21NO3/c1-7(2)5-8(3)6-10(13)12-9(4)11(14)15/h7-9H,5-6H2,1-4H3,(H,12,13)(H,14,15)/t8?,9-/m1/s1. The minimum absolute atomic E-state index is 0.182. The van der Waals surface area contributed by atoms with Crippen molar-refractivity contribution in [2.75, 3.05) is 0 Å². The summed E-state index contributed by atoms with van der Waals surface area (Å²) in [6.45, 7) is 7.68. The van der Waals surface area contributed by atoms with Crippen molar-refractivity contribution in [3.05, 3.63) is 0 Å². The van der Waals surface area contributed by atoms with Crippen LogP contribution in [0.2, 0.25) is 0 Å². The zero-order chi connectivity index (χ0) is 12.0. The van der Waals surface area contributed by atoms with Crippen LogP contribution >= 0.6 is 0 Å². The third kappa shape index (κ3) is 6.94. The zero-order valence-corrected chi connectivity index (χ0v) is 9.91. The molecular formula is C11H21NO3. The highest BCUT2D eigenvalue weighted by Gasteiger charge is 2.16. The topological polar surface area (TPSA) is 66.4 Å². The third-order valence-corrected chi connectivity index (χ3v) is 2.16. The second-order valence-corrected chi connectivity index (χ2v) is 4.57. The second kappa shape index (κ2) is 6.43. The molecule has 0 bridgehead atoms. The van der Waals surface area contributed by atoms with E-state index in [2.05, 4.69) is 19.2 Å². The Balaban J connectivity index is 3.88. The Bertz CT molecular complexity index is 226. The van der Waals surface area contributed by atoms with Crippen molar-refractivity contribution in [3.8, 4) is 0 Å². The molecule has 0 saturated carbocycles. The van der Waals surface area contributed by atoms with Gasteiger partial charge in [-0.25, -0.2) is 0 Å². The highest BCUT2D eigenvalue weighted by Crippen LogP contribution is 2.14. The van der Waals surface area contributed by atoms with E-state index in [1.165, 1.54) is 6.92 Å². The van der Waals surface area contributed by atoms with Gasteiger partial charge in [0, 0.05) is 6.42 Å². The molecule has 0 aliphatic heterocycles. The number of nitrogens with one attached hydrogen (secondary N) is 1. The lowest BCUT2D eigenvalue weighted by molar-refractivity contribution is -0.141. The molecule has 88 valence electrons. The first-order valence-corrected chi connectivity index (χ1v) is 5.35. The average Bonchev–Trinajstić information content (AvgIpc) is 2.00. The van der Waals surface area contributed by atoms with Crippen LogP contribution in [-0.4, -0.2) is 23.0 Å². The van der Waals surface area contributed by atoms with Gasteiger partial charge in [-0.2, -0.15) is 0 Å². The maximum absolute atomic E-state index is 11.4. The fourth-order valence-corrected chi connectivity index (χ4v) is 1.57. The van der Waals surface area contributed by atoms with Gasteiger partial charge in [0.05, 0.1) is 0 Å². The third-order valence-electron chi connectivity index (χ3n) is 2.16. The Morgan fingerprint density at radius 3 is 2.13 bits per heavy atom. The Kier molecular flexibility index (Phi) is 5.97. The summed E-state index contributed by atoms with van der Waals surface area (Å²) in [6.07, 6.45) is 1.38. The molecule has 0 saturated heterocycles. The monoisotopic (exact) mass is 215 g/mol. The van der Waals surface area contributed by atoms with Gasteiger partial charge >= 0.3 is 5.97 Å². The molecule has 0 spiro atoms. The first kappa shape index (κ1) is 13.9. The van der Waals surface area contributed by atoms with E-state index in [1.54, 1.807) is 0 Å². The van der Waals surface area contributed by atoms with Crippen molar-refractivity contribution in [1.29, 1.82) is 0 Å². The van der Waals surface area contributed by atoms with E-state index in [0.29, 0.717) is 18.3 Å². The number of aliphatic carboxylic acids is 1. The highest BCUT2D eigenvalue weighted by molar-refractivity contribution is 5.83. The van der Waals surface area contributed by atoms with Gasteiger partial charge in [0.1, 0.15) is 6.04 Å². The Labute approximate surface area is 91.1 Å². The van der Waals surface area contributed by atoms with Gasteiger partial charge in [0.15, 0.2) is 0 Å². The molecule has 4 heteroatoms. The lowest BCUT2D eigenvalue weighted by atomic mass is 9.96. The summed E-state index contributed by atoms with van der Waals surface area (Å²) in [4.78, 5) is 21.9. The predicted molar refractivity (Wildman–Crippen MR) is 58.5 cm³/mol. The maximum atomic E-state index is 11.4. The summed E-state index contributed by atoms with van der Waals surface area (Å²) >= 11 is 0. The van der Waals surface area contributed by atoms with Crippen LogP contribution in [-0.2, 0) is 9.59 Å². The van der Waals surface area contributed by atoms with Crippen LogP contribution in [0.15, 0.2) is 0 Å². The molecular weight excluding hydrogens is 194 g/mol. The normalized spacial score (nSPS) is 14.7. The molecule has 0 aromatic heterocycles. The quantitative estimate of drug-likeness (QED) is 0.708. The molecule has 2 N–H and O–H groups in total. The van der Waals surface area contributed by atoms with Gasteiger partial charge < -0.3 is 10.4 Å². The number of carbonyl (C=O) groups is 2. The number of hydrogen-bond donors (Lipinski definition) is 2. The van der Waals surface area contributed by atoms with E-state index in [9.17, 15) is 9.59 Å². The molecule has 15 heavy (non-hydrogen) atoms. The molecule has 2 atom stereocenters. The van der Waals surface area contributed by atoms with Crippen molar-refractivity contribution < 1.29 is 14.7 Å². The number of amides is 1. The van der Waals surface area contributed by atoms with Crippen LogP contribution in [0.5, 0.6) is 0 Å². The van der Waals surface area contributed by atoms with E-state index >= 15 is 0 Å². The Morgan fingerprint density at radius 1 is 1.20 bits per heavy atom. The van der Waals surface area contributed by atoms with Gasteiger partial charge in [0.25, 0.3) is 0 Å². The van der Waals surface area contributed by atoms with Crippen LogP contribution in [0, 0.1) is 11.8 Å². The molecule has 0 rings (SSSR count). The summed E-state index contributed by atoms with van der Waals surface area (Å²) < 4.78 is 0. The summed E-state index contributed by atoms with van der Waals surface area (Å²) in [5, 5.41) is 11.0. The molecule has 0 aromatic rings. The molecule has 0 heterocycles. The number of carbonyl (C=O) groups excluding carboxylic acids is 1. The highest BCUT2D eigenvalue weighted by atomic mass is 16.4. The number of carboxylic acids is 1. The average molecular weight is 215 g/mol. The molecule has 1 amide bonds. The van der Waals surface area contributed by atoms with E-state index in [0.717, 1.165) is 6.42 Å². The minimum atomic E-state index is -1.00. The smallest absolute Gasteiger partial charge is 0.325 e. The van der Waals surface area contributed by atoms with Crippen LogP contribution < -0.4 is 5.32 Å². The zero-order valence-electron chi connectivity index (χ0n) is 9.91. The summed E-state index contributed by atoms with van der Waals surface area (Å²) in [7, 11) is 0. The van der Waals surface area contributed by atoms with Crippen molar-refractivity contribution in [1.82, 2.24) is 5.32 Å². The Morgan fingerprint density at radius 2 is 1.73 bits per heavy atom. The number of carboxylic acid groups (broad SMARTS) is 1. The van der Waals surface area contributed by atoms with Crippen LogP contribution in [0.3, 0.4) is 0 Å². The maximum Gasteiger partial charge on any atom is 0.325 e. The van der Waals surface area contributed by atoms with Crippen LogP contribution in [0.25, 0.3) is 0 Å². The predicted octanol–water partition coefficient (Wildman–Crippen LogP) is 1.65. The fraction of sp³-hybridized carbons (Fsp3) is 0.818. The molecule has 4 nitrogen and oxygen atoms in total.